The Balaban J connectivity index is 0.000000255. The summed E-state index contributed by atoms with van der Waals surface area (Å²) in [6, 6.07) is 0. The Kier molecular flexibility index (Phi) is 6.11. The first kappa shape index (κ1) is 12.4. The zero-order chi connectivity index (χ0) is 11.0. The Labute approximate surface area is 84.1 Å². The van der Waals surface area contributed by atoms with E-state index in [1.165, 1.54) is 6.08 Å². The number of hydrogen-bond donors (Lipinski definition) is 0. The highest BCUT2D eigenvalue weighted by Gasteiger charge is 1.92. The van der Waals surface area contributed by atoms with Crippen LogP contribution >= 0.6 is 0 Å². The van der Waals surface area contributed by atoms with Gasteiger partial charge in [-0.05, 0) is 6.92 Å². The summed E-state index contributed by atoms with van der Waals surface area (Å²) in [5, 5.41) is 9.42. The average molecular weight is 196 g/mol. The molecule has 0 aliphatic carbocycles. The van der Waals surface area contributed by atoms with E-state index in [1.807, 2.05) is 17.8 Å². The highest BCUT2D eigenvalue weighted by molar-refractivity contribution is 5.65. The maximum Gasteiger partial charge on any atom is 0.243 e. The lowest BCUT2D eigenvalue weighted by Gasteiger charge is -1.89. The molecule has 78 valence electrons. The number of nitrogens with zero attached hydrogens (tertiary/aromatic N) is 2. The Hall–Kier alpha value is -1.58. The number of carboxylic acid groups (broad SMARTS) is 1. The van der Waals surface area contributed by atoms with Crippen LogP contribution in [0.2, 0.25) is 0 Å². The van der Waals surface area contributed by atoms with Gasteiger partial charge in [0.05, 0.1) is 13.6 Å². The van der Waals surface area contributed by atoms with Crippen LogP contribution in [0.3, 0.4) is 0 Å². The van der Waals surface area contributed by atoms with Gasteiger partial charge in [0.15, 0.2) is 0 Å². The van der Waals surface area contributed by atoms with Crippen LogP contribution in [0.1, 0.15) is 13.3 Å². The number of rotatable bonds is 3. The fourth-order valence-corrected chi connectivity index (χ4v) is 0.807. The number of aliphatic carboxylic acids is 1. The van der Waals surface area contributed by atoms with Crippen molar-refractivity contribution in [2.45, 2.75) is 19.9 Å². The van der Waals surface area contributed by atoms with E-state index in [0.29, 0.717) is 0 Å². The molecule has 1 aromatic rings. The van der Waals surface area contributed by atoms with Crippen molar-refractivity contribution in [1.29, 1.82) is 0 Å². The Morgan fingerprint density at radius 3 is 2.50 bits per heavy atom. The van der Waals surface area contributed by atoms with Crippen LogP contribution in [0.4, 0.5) is 0 Å². The zero-order valence-electron chi connectivity index (χ0n) is 8.64. The molecule has 4 heteroatoms. The van der Waals surface area contributed by atoms with Gasteiger partial charge in [-0.3, -0.25) is 0 Å². The maximum absolute atomic E-state index is 9.42. The Morgan fingerprint density at radius 2 is 2.36 bits per heavy atom. The minimum atomic E-state index is -1.08. The molecule has 1 aromatic heterocycles. The van der Waals surface area contributed by atoms with E-state index >= 15 is 0 Å². The third kappa shape index (κ3) is 5.99. The molecule has 0 aromatic carbocycles. The standard InChI is InChI=1S/C6H11N2.C4H6O2/c1-3-8-5-4-7(2)6-8;1-2-3-4(5)6/h4-6H,3H2,1-2H3;2H,1,3H2,(H,5,6)/q+1;/p-1. The van der Waals surface area contributed by atoms with Gasteiger partial charge >= 0.3 is 0 Å². The van der Waals surface area contributed by atoms with Crippen molar-refractivity contribution in [1.82, 2.24) is 4.57 Å². The van der Waals surface area contributed by atoms with E-state index in [-0.39, 0.29) is 6.42 Å². The second-order valence-electron chi connectivity index (χ2n) is 2.77. The van der Waals surface area contributed by atoms with Crippen molar-refractivity contribution in [2.75, 3.05) is 0 Å². The summed E-state index contributed by atoms with van der Waals surface area (Å²) in [5.41, 5.74) is 0. The first-order valence-corrected chi connectivity index (χ1v) is 4.41. The normalized spacial score (nSPS) is 8.71. The van der Waals surface area contributed by atoms with E-state index < -0.39 is 5.97 Å². The average Bonchev–Trinajstić information content (AvgIpc) is 2.52. The van der Waals surface area contributed by atoms with E-state index in [1.54, 1.807) is 0 Å². The number of hydrogen-bond acceptors (Lipinski definition) is 2. The largest absolute Gasteiger partial charge is 0.550 e. The predicted octanol–water partition coefficient (Wildman–Crippen LogP) is -0.355. The van der Waals surface area contributed by atoms with Crippen LogP contribution in [-0.2, 0) is 18.4 Å². The van der Waals surface area contributed by atoms with Gasteiger partial charge in [-0.15, -0.1) is 6.58 Å². The van der Waals surface area contributed by atoms with Gasteiger partial charge in [-0.2, -0.15) is 0 Å². The fourth-order valence-electron chi connectivity index (χ4n) is 0.807. The lowest BCUT2D eigenvalue weighted by Crippen LogP contribution is -2.23. The molecule has 1 rings (SSSR count). The third-order valence-electron chi connectivity index (χ3n) is 1.50. The summed E-state index contributed by atoms with van der Waals surface area (Å²) < 4.78 is 4.16. The summed E-state index contributed by atoms with van der Waals surface area (Å²) in [4.78, 5) is 9.42. The van der Waals surface area contributed by atoms with Crippen molar-refractivity contribution in [3.8, 4) is 0 Å². The van der Waals surface area contributed by atoms with E-state index in [9.17, 15) is 9.90 Å². The molecule has 0 aliphatic rings. The smallest absolute Gasteiger partial charge is 0.243 e. The highest BCUT2D eigenvalue weighted by Crippen LogP contribution is 1.79. The monoisotopic (exact) mass is 196 g/mol. The van der Waals surface area contributed by atoms with Gasteiger partial charge in [-0.1, -0.05) is 6.08 Å². The molecule has 0 unspecified atom stereocenters. The van der Waals surface area contributed by atoms with E-state index in [4.69, 9.17) is 0 Å². The molecule has 14 heavy (non-hydrogen) atoms. The lowest BCUT2D eigenvalue weighted by atomic mass is 10.4. The number of aryl methyl sites for hydroxylation is 2. The van der Waals surface area contributed by atoms with Crippen LogP contribution in [0.5, 0.6) is 0 Å². The summed E-state index contributed by atoms with van der Waals surface area (Å²) >= 11 is 0. The first-order valence-electron chi connectivity index (χ1n) is 4.41. The minimum Gasteiger partial charge on any atom is -0.550 e. The Bertz CT molecular complexity index is 292. The molecule has 0 amide bonds. The van der Waals surface area contributed by atoms with Gasteiger partial charge in [-0.25, -0.2) is 9.13 Å². The molecule has 0 aliphatic heterocycles. The lowest BCUT2D eigenvalue weighted by molar-refractivity contribution is -0.671. The number of imidazole rings is 1. The molecule has 1 heterocycles. The van der Waals surface area contributed by atoms with E-state index in [2.05, 4.69) is 30.6 Å². The molecule has 0 bridgehead atoms. The van der Waals surface area contributed by atoms with Crippen molar-refractivity contribution in [2.24, 2.45) is 7.05 Å². The van der Waals surface area contributed by atoms with Crippen LogP contribution in [0, 0.1) is 0 Å². The van der Waals surface area contributed by atoms with Gasteiger partial charge in [0, 0.05) is 12.4 Å². The fraction of sp³-hybridized carbons (Fsp3) is 0.400. The number of aromatic nitrogens is 2. The summed E-state index contributed by atoms with van der Waals surface area (Å²) in [7, 11) is 2.02. The summed E-state index contributed by atoms with van der Waals surface area (Å²) in [5.74, 6) is -1.08. The molecule has 0 radical (unpaired) electrons. The summed E-state index contributed by atoms with van der Waals surface area (Å²) in [6.45, 7) is 6.36. The molecule has 0 fully saturated rings. The first-order chi connectivity index (χ1) is 6.60. The van der Waals surface area contributed by atoms with Crippen LogP contribution in [-0.4, -0.2) is 10.5 Å². The topological polar surface area (TPSA) is 48.9 Å². The molecule has 0 atom stereocenters. The van der Waals surface area contributed by atoms with Crippen LogP contribution in [0.25, 0.3) is 0 Å². The van der Waals surface area contributed by atoms with Crippen molar-refractivity contribution in [3.05, 3.63) is 31.4 Å². The van der Waals surface area contributed by atoms with Gasteiger partial charge in [0.1, 0.15) is 12.4 Å². The molecule has 4 nitrogen and oxygen atoms in total. The predicted molar refractivity (Wildman–Crippen MR) is 51.1 cm³/mol. The second-order valence-corrected chi connectivity index (χ2v) is 2.77. The van der Waals surface area contributed by atoms with Crippen molar-refractivity contribution < 1.29 is 14.5 Å². The quantitative estimate of drug-likeness (QED) is 0.490. The number of carbonyl (C=O) groups is 1. The number of carbonyl (C=O) groups excluding carboxylic acids is 1. The molecular formula is C10H16N2O2. The molecule has 0 saturated carbocycles. The van der Waals surface area contributed by atoms with Crippen molar-refractivity contribution in [3.63, 3.8) is 0 Å². The van der Waals surface area contributed by atoms with Gasteiger partial charge in [0.25, 0.3) is 0 Å². The van der Waals surface area contributed by atoms with E-state index in [0.717, 1.165) is 6.54 Å². The third-order valence-corrected chi connectivity index (χ3v) is 1.50. The van der Waals surface area contributed by atoms with Gasteiger partial charge < -0.3 is 9.90 Å². The van der Waals surface area contributed by atoms with Crippen molar-refractivity contribution >= 4 is 5.97 Å². The van der Waals surface area contributed by atoms with Crippen LogP contribution in [0.15, 0.2) is 31.4 Å². The molecular weight excluding hydrogens is 180 g/mol. The van der Waals surface area contributed by atoms with Crippen LogP contribution < -0.4 is 9.67 Å². The van der Waals surface area contributed by atoms with Gasteiger partial charge in [0.2, 0.25) is 6.33 Å². The summed E-state index contributed by atoms with van der Waals surface area (Å²) in [6.07, 6.45) is 7.37. The number of carboxylic acids is 1. The Morgan fingerprint density at radius 1 is 1.71 bits per heavy atom. The SMILES string of the molecule is C=CCC(=O)[O-].CCn1cc[n+](C)c1. The highest BCUT2D eigenvalue weighted by atomic mass is 16.4. The molecule has 0 saturated heterocycles. The second kappa shape index (κ2) is 6.88. The minimum absolute atomic E-state index is 0.0556. The molecule has 0 spiro atoms. The molecule has 0 N–H and O–H groups in total. The zero-order valence-corrected chi connectivity index (χ0v) is 8.64. The maximum atomic E-state index is 9.42.